The third-order valence-corrected chi connectivity index (χ3v) is 4.88. The molecule has 6 heteroatoms. The first-order valence-corrected chi connectivity index (χ1v) is 9.11. The summed E-state index contributed by atoms with van der Waals surface area (Å²) in [5, 5.41) is 2.72. The van der Waals surface area contributed by atoms with Gasteiger partial charge in [0.05, 0.1) is 6.10 Å². The van der Waals surface area contributed by atoms with Gasteiger partial charge in [0.2, 0.25) is 0 Å². The second-order valence-corrected chi connectivity index (χ2v) is 7.18. The number of benzene rings is 1. The zero-order valence-electron chi connectivity index (χ0n) is 14.4. The van der Waals surface area contributed by atoms with Gasteiger partial charge in [0.15, 0.2) is 0 Å². The summed E-state index contributed by atoms with van der Waals surface area (Å²) in [4.78, 5) is 21.2. The molecule has 0 aliphatic carbocycles. The van der Waals surface area contributed by atoms with Gasteiger partial charge < -0.3 is 14.5 Å². The highest BCUT2D eigenvalue weighted by molar-refractivity contribution is 7.13. The molecule has 24 heavy (non-hydrogen) atoms. The van der Waals surface area contributed by atoms with Crippen molar-refractivity contribution in [3.63, 3.8) is 0 Å². The number of rotatable bonds is 4. The van der Waals surface area contributed by atoms with Crippen molar-refractivity contribution in [3.05, 3.63) is 35.3 Å². The number of thiazole rings is 1. The van der Waals surface area contributed by atoms with Crippen molar-refractivity contribution in [2.45, 2.75) is 20.0 Å². The lowest BCUT2D eigenvalue weighted by Crippen LogP contribution is -2.47. The normalized spacial score (nSPS) is 15.8. The average Bonchev–Trinajstić information content (AvgIpc) is 3.05. The van der Waals surface area contributed by atoms with E-state index in [0.717, 1.165) is 42.5 Å². The van der Waals surface area contributed by atoms with Crippen LogP contribution in [0.15, 0.2) is 29.6 Å². The predicted octanol–water partition coefficient (Wildman–Crippen LogP) is 2.98. The predicted molar refractivity (Wildman–Crippen MR) is 96.7 cm³/mol. The van der Waals surface area contributed by atoms with Gasteiger partial charge in [-0.1, -0.05) is 0 Å². The highest BCUT2D eigenvalue weighted by atomic mass is 32.1. The van der Waals surface area contributed by atoms with Crippen molar-refractivity contribution in [1.82, 2.24) is 14.8 Å². The van der Waals surface area contributed by atoms with Gasteiger partial charge in [-0.25, -0.2) is 4.98 Å². The quantitative estimate of drug-likeness (QED) is 0.855. The van der Waals surface area contributed by atoms with E-state index in [1.165, 1.54) is 11.3 Å². The summed E-state index contributed by atoms with van der Waals surface area (Å²) in [5.41, 5.74) is 1.55. The molecule has 1 amide bonds. The average molecular weight is 345 g/mol. The number of hydrogen-bond acceptors (Lipinski definition) is 5. The van der Waals surface area contributed by atoms with Crippen molar-refractivity contribution < 1.29 is 9.53 Å². The molecule has 1 aliphatic heterocycles. The highest BCUT2D eigenvalue weighted by Gasteiger charge is 2.22. The maximum Gasteiger partial charge on any atom is 0.273 e. The fourth-order valence-corrected chi connectivity index (χ4v) is 3.42. The third-order valence-electron chi connectivity index (χ3n) is 3.99. The molecule has 5 nitrogen and oxygen atoms in total. The fraction of sp³-hybridized carbons (Fsp3) is 0.444. The summed E-state index contributed by atoms with van der Waals surface area (Å²) in [5.74, 6) is 0.879. The largest absolute Gasteiger partial charge is 0.491 e. The molecule has 2 aromatic rings. The zero-order chi connectivity index (χ0) is 17.1. The van der Waals surface area contributed by atoms with Gasteiger partial charge in [-0.3, -0.25) is 4.79 Å². The second kappa shape index (κ2) is 7.32. The summed E-state index contributed by atoms with van der Waals surface area (Å²) in [7, 11) is 2.08. The number of amides is 1. The minimum Gasteiger partial charge on any atom is -0.491 e. The third kappa shape index (κ3) is 3.94. The van der Waals surface area contributed by atoms with Crippen LogP contribution in [-0.2, 0) is 0 Å². The zero-order valence-corrected chi connectivity index (χ0v) is 15.2. The smallest absolute Gasteiger partial charge is 0.273 e. The van der Waals surface area contributed by atoms with Crippen LogP contribution in [0.5, 0.6) is 5.75 Å². The lowest BCUT2D eigenvalue weighted by molar-refractivity contribution is 0.0659. The molecule has 0 bridgehead atoms. The Hall–Kier alpha value is -1.92. The molecule has 0 saturated carbocycles. The summed E-state index contributed by atoms with van der Waals surface area (Å²) in [6.45, 7) is 7.38. The van der Waals surface area contributed by atoms with E-state index >= 15 is 0 Å². The number of carbonyl (C=O) groups is 1. The van der Waals surface area contributed by atoms with Crippen LogP contribution < -0.4 is 4.74 Å². The molecule has 2 heterocycles. The Morgan fingerprint density at radius 1 is 1.17 bits per heavy atom. The first kappa shape index (κ1) is 16.9. The number of aromatic nitrogens is 1. The van der Waals surface area contributed by atoms with E-state index < -0.39 is 0 Å². The number of carbonyl (C=O) groups excluding carboxylic acids is 1. The molecule has 0 spiro atoms. The van der Waals surface area contributed by atoms with Gasteiger partial charge in [-0.2, -0.15) is 0 Å². The summed E-state index contributed by atoms with van der Waals surface area (Å²) in [6.07, 6.45) is 0.156. The second-order valence-electron chi connectivity index (χ2n) is 6.32. The Labute approximate surface area is 146 Å². The van der Waals surface area contributed by atoms with E-state index in [0.29, 0.717) is 5.69 Å². The van der Waals surface area contributed by atoms with Crippen molar-refractivity contribution >= 4 is 17.2 Å². The molecule has 0 N–H and O–H groups in total. The van der Waals surface area contributed by atoms with Crippen molar-refractivity contribution in [2.75, 3.05) is 33.2 Å². The van der Waals surface area contributed by atoms with Gasteiger partial charge in [0.25, 0.3) is 5.91 Å². The van der Waals surface area contributed by atoms with Crippen LogP contribution >= 0.6 is 11.3 Å². The lowest BCUT2D eigenvalue weighted by Gasteiger charge is -2.31. The van der Waals surface area contributed by atoms with Crippen LogP contribution in [0.2, 0.25) is 0 Å². The minimum absolute atomic E-state index is 0.0327. The Bertz CT molecular complexity index is 689. The van der Waals surface area contributed by atoms with E-state index in [4.69, 9.17) is 4.74 Å². The Balaban J connectivity index is 1.69. The monoisotopic (exact) mass is 345 g/mol. The standard InChI is InChI=1S/C18H23N3O2S/c1-13(2)23-15-6-4-14(5-7-15)17-19-16(12-24-17)18(22)21-10-8-20(3)9-11-21/h4-7,12-13H,8-11H2,1-3H3. The molecule has 128 valence electrons. The van der Waals surface area contributed by atoms with E-state index in [1.54, 1.807) is 0 Å². The topological polar surface area (TPSA) is 45.7 Å². The number of likely N-dealkylation sites (N-methyl/N-ethyl adjacent to an activating group) is 1. The molecule has 0 unspecified atom stereocenters. The molecule has 1 saturated heterocycles. The fourth-order valence-electron chi connectivity index (χ4n) is 2.62. The van der Waals surface area contributed by atoms with Crippen LogP contribution in [-0.4, -0.2) is 60.0 Å². The van der Waals surface area contributed by atoms with Gasteiger partial charge in [0.1, 0.15) is 16.5 Å². The molecule has 1 aromatic heterocycles. The Morgan fingerprint density at radius 2 is 1.83 bits per heavy atom. The van der Waals surface area contributed by atoms with Crippen molar-refractivity contribution in [1.29, 1.82) is 0 Å². The SMILES string of the molecule is CC(C)Oc1ccc(-c2nc(C(=O)N3CCN(C)CC3)cs2)cc1. The minimum atomic E-state index is 0.0327. The van der Waals surface area contributed by atoms with E-state index in [9.17, 15) is 4.79 Å². The number of nitrogens with zero attached hydrogens (tertiary/aromatic N) is 3. The van der Waals surface area contributed by atoms with Crippen LogP contribution in [0.1, 0.15) is 24.3 Å². The van der Waals surface area contributed by atoms with Crippen LogP contribution in [0.3, 0.4) is 0 Å². The van der Waals surface area contributed by atoms with Gasteiger partial charge >= 0.3 is 0 Å². The Kier molecular flexibility index (Phi) is 5.16. The first-order chi connectivity index (χ1) is 11.5. The number of ether oxygens (including phenoxy) is 1. The molecule has 1 aromatic carbocycles. The summed E-state index contributed by atoms with van der Waals surface area (Å²) < 4.78 is 5.65. The van der Waals surface area contributed by atoms with Crippen LogP contribution in [0.4, 0.5) is 0 Å². The van der Waals surface area contributed by atoms with Crippen LogP contribution in [0, 0.1) is 0 Å². The summed E-state index contributed by atoms with van der Waals surface area (Å²) in [6, 6.07) is 7.86. The van der Waals surface area contributed by atoms with Crippen molar-refractivity contribution in [2.24, 2.45) is 0 Å². The molecule has 0 radical (unpaired) electrons. The lowest BCUT2D eigenvalue weighted by atomic mass is 10.2. The van der Waals surface area contributed by atoms with E-state index in [2.05, 4.69) is 16.9 Å². The molecular weight excluding hydrogens is 322 g/mol. The van der Waals surface area contributed by atoms with Gasteiger partial charge in [0, 0.05) is 37.1 Å². The molecule has 3 rings (SSSR count). The Morgan fingerprint density at radius 3 is 2.46 bits per heavy atom. The first-order valence-electron chi connectivity index (χ1n) is 8.23. The van der Waals surface area contributed by atoms with E-state index in [1.807, 2.05) is 48.4 Å². The number of piperazine rings is 1. The molecule has 1 fully saturated rings. The maximum atomic E-state index is 12.6. The van der Waals surface area contributed by atoms with Gasteiger partial charge in [-0.05, 0) is 45.2 Å². The summed E-state index contributed by atoms with van der Waals surface area (Å²) >= 11 is 1.51. The van der Waals surface area contributed by atoms with E-state index in [-0.39, 0.29) is 12.0 Å². The molecule has 0 atom stereocenters. The highest BCUT2D eigenvalue weighted by Crippen LogP contribution is 2.26. The number of hydrogen-bond donors (Lipinski definition) is 0. The molecule has 1 aliphatic rings. The van der Waals surface area contributed by atoms with Crippen LogP contribution in [0.25, 0.3) is 10.6 Å². The maximum absolute atomic E-state index is 12.6. The molecular formula is C18H23N3O2S. The van der Waals surface area contributed by atoms with Crippen molar-refractivity contribution in [3.8, 4) is 16.3 Å². The van der Waals surface area contributed by atoms with Gasteiger partial charge in [-0.15, -0.1) is 11.3 Å².